The van der Waals surface area contributed by atoms with Crippen molar-refractivity contribution in [3.8, 4) is 16.9 Å². The summed E-state index contributed by atoms with van der Waals surface area (Å²) in [6, 6.07) is 9.98. The van der Waals surface area contributed by atoms with Crippen molar-refractivity contribution in [2.24, 2.45) is 0 Å². The Bertz CT molecular complexity index is 2670. The van der Waals surface area contributed by atoms with Crippen LogP contribution in [0, 0.1) is 24.4 Å². The number of benzene rings is 2. The molecule has 2 aromatic carbocycles. The van der Waals surface area contributed by atoms with E-state index in [1.807, 2.05) is 39.5 Å². The van der Waals surface area contributed by atoms with Crippen LogP contribution in [-0.2, 0) is 20.9 Å². The van der Waals surface area contributed by atoms with Gasteiger partial charge in [0, 0.05) is 64.6 Å². The molecule has 6 bridgehead atoms. The summed E-state index contributed by atoms with van der Waals surface area (Å²) in [4.78, 5) is 54.7. The SMILES string of the molecule is CO[C@H]1CN(C)C(=O)[C@@H]2CC(CN2c2nc(N3C4C[C@@H]3CN(C)C4=O)nc3c2cnn3-c2ccc(F)cc2F)Nc2cccc(n2)-c2cc(F)cc3nc(C)n(c23)C1. The van der Waals surface area contributed by atoms with Gasteiger partial charge in [-0.15, -0.1) is 0 Å². The number of anilines is 3. The number of rotatable bonds is 4. The second-order valence-electron chi connectivity index (χ2n) is 15.6. The molecule has 15 nitrogen and oxygen atoms in total. The maximum atomic E-state index is 15.4. The standard InChI is InChI=1S/C40H39F3N12O3/c1-20-45-30-12-22(42)10-26-29-6-5-7-34(47-29)46-23-13-32(38(56)51(3)18-25(58-4)19-52(20)35(26)30)53(16-23)36-27-15-44-55(31-9-8-21(41)11-28(31)43)37(27)49-40(48-36)54-24-14-33(54)39(57)50(2)17-24/h5-12,15,23-25,32-33H,13-14,16-19H2,1-4H3,(H,46,47)/t23?,24-,25+,32+,33?/m1/s1. The van der Waals surface area contributed by atoms with Gasteiger partial charge in [-0.2, -0.15) is 15.1 Å². The van der Waals surface area contributed by atoms with Gasteiger partial charge in [-0.1, -0.05) is 6.07 Å². The van der Waals surface area contributed by atoms with Crippen LogP contribution in [0.2, 0.25) is 0 Å². The number of pyridine rings is 1. The number of aromatic nitrogens is 7. The zero-order chi connectivity index (χ0) is 40.1. The number of piperazine rings is 1. The lowest BCUT2D eigenvalue weighted by Gasteiger charge is -2.54. The van der Waals surface area contributed by atoms with Gasteiger partial charge < -0.3 is 34.2 Å². The number of aryl methyl sites for hydroxylation is 1. The van der Waals surface area contributed by atoms with Crippen molar-refractivity contribution in [3.05, 3.63) is 78.0 Å². The number of hydrogen-bond donors (Lipinski definition) is 1. The predicted octanol–water partition coefficient (Wildman–Crippen LogP) is 3.92. The van der Waals surface area contributed by atoms with Crippen molar-refractivity contribution < 1.29 is 27.5 Å². The minimum absolute atomic E-state index is 0.0233. The Morgan fingerprint density at radius 3 is 2.45 bits per heavy atom. The predicted molar refractivity (Wildman–Crippen MR) is 208 cm³/mol. The number of likely N-dealkylation sites (tertiary alicyclic amines) is 1. The zero-order valence-corrected chi connectivity index (χ0v) is 32.1. The van der Waals surface area contributed by atoms with E-state index in [-0.39, 0.29) is 54.3 Å². The van der Waals surface area contributed by atoms with Crippen LogP contribution in [0.25, 0.3) is 39.0 Å². The van der Waals surface area contributed by atoms with Gasteiger partial charge in [0.25, 0.3) is 0 Å². The van der Waals surface area contributed by atoms with Crippen LogP contribution in [0.15, 0.2) is 54.7 Å². The fraction of sp³-hybridized carbons (Fsp3) is 0.375. The minimum atomic E-state index is -0.836. The van der Waals surface area contributed by atoms with Gasteiger partial charge in [0.1, 0.15) is 46.9 Å². The van der Waals surface area contributed by atoms with Gasteiger partial charge >= 0.3 is 0 Å². The summed E-state index contributed by atoms with van der Waals surface area (Å²) in [6.45, 7) is 3.16. The Labute approximate surface area is 330 Å². The number of halogens is 3. The number of carbonyl (C=O) groups excluding carboxylic acids is 2. The van der Waals surface area contributed by atoms with Crippen LogP contribution in [0.5, 0.6) is 0 Å². The Morgan fingerprint density at radius 1 is 0.845 bits per heavy atom. The molecule has 298 valence electrons. The average molecular weight is 793 g/mol. The topological polar surface area (TPSA) is 143 Å². The highest BCUT2D eigenvalue weighted by Crippen LogP contribution is 2.40. The second-order valence-corrected chi connectivity index (χ2v) is 15.6. The molecule has 2 unspecified atom stereocenters. The summed E-state index contributed by atoms with van der Waals surface area (Å²) in [5.41, 5.74) is 2.53. The fourth-order valence-electron chi connectivity index (χ4n) is 9.10. The Kier molecular flexibility index (Phi) is 8.33. The molecule has 5 atom stereocenters. The van der Waals surface area contributed by atoms with E-state index in [4.69, 9.17) is 19.7 Å². The van der Waals surface area contributed by atoms with Crippen molar-refractivity contribution in [1.29, 1.82) is 0 Å². The number of nitrogens with zero attached hydrogens (tertiary/aromatic N) is 11. The summed E-state index contributed by atoms with van der Waals surface area (Å²) in [6.07, 6.45) is 2.03. The first-order valence-corrected chi connectivity index (χ1v) is 19.1. The summed E-state index contributed by atoms with van der Waals surface area (Å²) >= 11 is 0. The number of imidazole rings is 1. The smallest absolute Gasteiger partial charge is 0.245 e. The third kappa shape index (κ3) is 5.71. The van der Waals surface area contributed by atoms with Crippen molar-refractivity contribution in [3.63, 3.8) is 0 Å². The van der Waals surface area contributed by atoms with Crippen molar-refractivity contribution in [2.45, 2.75) is 56.6 Å². The van der Waals surface area contributed by atoms with Gasteiger partial charge in [0.05, 0.1) is 47.0 Å². The molecular weight excluding hydrogens is 754 g/mol. The quantitative estimate of drug-likeness (QED) is 0.278. The van der Waals surface area contributed by atoms with Gasteiger partial charge in [0.2, 0.25) is 17.8 Å². The first-order valence-electron chi connectivity index (χ1n) is 19.1. The Balaban J connectivity index is 1.11. The average Bonchev–Trinajstić information content (AvgIpc) is 3.89. The molecule has 2 amide bonds. The lowest BCUT2D eigenvalue weighted by molar-refractivity contribution is -0.138. The maximum absolute atomic E-state index is 15.4. The van der Waals surface area contributed by atoms with Crippen LogP contribution >= 0.6 is 0 Å². The maximum Gasteiger partial charge on any atom is 0.245 e. The van der Waals surface area contributed by atoms with Crippen LogP contribution in [0.1, 0.15) is 18.7 Å². The van der Waals surface area contributed by atoms with E-state index in [1.165, 1.54) is 29.1 Å². The normalized spacial score (nSPS) is 23.3. The fourth-order valence-corrected chi connectivity index (χ4v) is 9.10. The number of ether oxygens (including phenoxy) is 1. The number of likely N-dealkylation sites (N-methyl/N-ethyl adjacent to an activating group) is 2. The summed E-state index contributed by atoms with van der Waals surface area (Å²) in [7, 11) is 5.09. The number of nitrogens with one attached hydrogen (secondary N) is 1. The molecule has 10 rings (SSSR count). The van der Waals surface area contributed by atoms with E-state index < -0.39 is 35.6 Å². The van der Waals surface area contributed by atoms with E-state index in [0.29, 0.717) is 71.1 Å². The molecule has 0 aliphatic carbocycles. The van der Waals surface area contributed by atoms with Crippen LogP contribution < -0.4 is 15.1 Å². The largest absolute Gasteiger partial charge is 0.378 e. The van der Waals surface area contributed by atoms with Gasteiger partial charge in [-0.3, -0.25) is 9.59 Å². The molecule has 0 radical (unpaired) electrons. The summed E-state index contributed by atoms with van der Waals surface area (Å²) < 4.78 is 53.8. The Hall–Kier alpha value is -6.30. The molecular formula is C40H39F3N12O3. The summed E-state index contributed by atoms with van der Waals surface area (Å²) in [5.74, 6) is -0.457. The van der Waals surface area contributed by atoms with E-state index in [1.54, 1.807) is 31.0 Å². The number of amides is 2. The lowest BCUT2D eigenvalue weighted by Crippen LogP contribution is -2.71. The molecule has 6 aromatic rings. The highest BCUT2D eigenvalue weighted by atomic mass is 19.1. The molecule has 0 spiro atoms. The highest BCUT2D eigenvalue weighted by molar-refractivity contribution is 5.95. The van der Waals surface area contributed by atoms with Gasteiger partial charge in [-0.25, -0.2) is 27.8 Å². The lowest BCUT2D eigenvalue weighted by atomic mass is 9.87. The number of carbonyl (C=O) groups is 2. The number of hydrogen-bond acceptors (Lipinski definition) is 11. The molecule has 1 N–H and O–H groups in total. The third-order valence-electron chi connectivity index (χ3n) is 11.9. The van der Waals surface area contributed by atoms with E-state index >= 15 is 8.78 Å². The van der Waals surface area contributed by atoms with E-state index in [0.717, 1.165) is 12.1 Å². The number of fused-ring (bicyclic) bond motifs is 8. The number of piperidine rings is 1. The zero-order valence-electron chi connectivity index (χ0n) is 32.1. The first kappa shape index (κ1) is 36.1. The van der Waals surface area contributed by atoms with E-state index in [9.17, 15) is 14.0 Å². The molecule has 8 heterocycles. The molecule has 58 heavy (non-hydrogen) atoms. The molecule has 3 saturated heterocycles. The second kappa shape index (κ2) is 13.4. The molecule has 4 aromatic heterocycles. The van der Waals surface area contributed by atoms with Crippen LogP contribution in [0.3, 0.4) is 0 Å². The number of methoxy groups -OCH3 is 1. The molecule has 0 saturated carbocycles. The first-order chi connectivity index (χ1) is 27.9. The van der Waals surface area contributed by atoms with Gasteiger partial charge in [0.15, 0.2) is 11.5 Å². The molecule has 18 heteroatoms. The minimum Gasteiger partial charge on any atom is -0.378 e. The molecule has 4 aliphatic rings. The monoisotopic (exact) mass is 792 g/mol. The Morgan fingerprint density at radius 2 is 1.66 bits per heavy atom. The van der Waals surface area contributed by atoms with Crippen molar-refractivity contribution in [2.75, 3.05) is 56.0 Å². The highest BCUT2D eigenvalue weighted by Gasteiger charge is 2.51. The van der Waals surface area contributed by atoms with Crippen molar-refractivity contribution >= 4 is 51.5 Å². The van der Waals surface area contributed by atoms with Crippen LogP contribution in [0.4, 0.5) is 30.8 Å². The molecule has 4 aliphatic heterocycles. The third-order valence-corrected chi connectivity index (χ3v) is 11.9. The van der Waals surface area contributed by atoms with Gasteiger partial charge in [-0.05, 0) is 50.1 Å². The molecule has 3 fully saturated rings. The van der Waals surface area contributed by atoms with Crippen LogP contribution in [-0.4, -0.2) is 127 Å². The van der Waals surface area contributed by atoms with E-state index in [2.05, 4.69) is 15.4 Å². The summed E-state index contributed by atoms with van der Waals surface area (Å²) in [5, 5.41) is 8.48. The van der Waals surface area contributed by atoms with Crippen molar-refractivity contribution in [1.82, 2.24) is 44.1 Å².